The normalized spacial score (nSPS) is 18.0. The topological polar surface area (TPSA) is 49.9 Å². The fourth-order valence-electron chi connectivity index (χ4n) is 2.61. The summed E-state index contributed by atoms with van der Waals surface area (Å²) < 4.78 is 5.13. The molecular weight excluding hydrogens is 280 g/mol. The summed E-state index contributed by atoms with van der Waals surface area (Å²) in [6, 6.07) is 7.13. The summed E-state index contributed by atoms with van der Waals surface area (Å²) in [7, 11) is 3.87. The number of esters is 1. The van der Waals surface area contributed by atoms with E-state index >= 15 is 0 Å². The van der Waals surface area contributed by atoms with Gasteiger partial charge in [0, 0.05) is 32.9 Å². The molecule has 5 nitrogen and oxygen atoms in total. The molecule has 120 valence electrons. The van der Waals surface area contributed by atoms with E-state index < -0.39 is 5.97 Å². The smallest absolute Gasteiger partial charge is 0.338 e. The summed E-state index contributed by atoms with van der Waals surface area (Å²) in [5, 5.41) is 0. The quantitative estimate of drug-likeness (QED) is 0.800. The third kappa shape index (κ3) is 4.23. The molecule has 0 bridgehead atoms. The Bertz CT molecular complexity index is 525. The van der Waals surface area contributed by atoms with Crippen molar-refractivity contribution in [3.05, 3.63) is 29.8 Å². The molecule has 0 aliphatic carbocycles. The molecule has 1 aromatic rings. The van der Waals surface area contributed by atoms with Crippen LogP contribution in [0, 0.1) is 5.92 Å². The van der Waals surface area contributed by atoms with Gasteiger partial charge in [-0.3, -0.25) is 4.79 Å². The minimum absolute atomic E-state index is 0.107. The van der Waals surface area contributed by atoms with Gasteiger partial charge in [-0.05, 0) is 43.0 Å². The third-order valence-electron chi connectivity index (χ3n) is 3.96. The number of nitrogens with zero attached hydrogens (tertiary/aromatic N) is 2. The number of benzene rings is 1. The van der Waals surface area contributed by atoms with Crippen molar-refractivity contribution in [2.45, 2.75) is 19.8 Å². The van der Waals surface area contributed by atoms with Gasteiger partial charge in [-0.1, -0.05) is 6.92 Å². The highest BCUT2D eigenvalue weighted by Gasteiger charge is 2.22. The summed E-state index contributed by atoms with van der Waals surface area (Å²) in [5.74, 6) is -0.0412. The van der Waals surface area contributed by atoms with E-state index in [1.54, 1.807) is 17.0 Å². The highest BCUT2D eigenvalue weighted by Crippen LogP contribution is 2.16. The lowest BCUT2D eigenvalue weighted by atomic mass is 10.0. The predicted molar refractivity (Wildman–Crippen MR) is 86.0 cm³/mol. The molecule has 1 fully saturated rings. The van der Waals surface area contributed by atoms with Crippen LogP contribution in [-0.4, -0.2) is 50.6 Å². The number of ether oxygens (including phenoxy) is 1. The second-order valence-electron chi connectivity index (χ2n) is 6.10. The first kappa shape index (κ1) is 16.3. The zero-order valence-corrected chi connectivity index (χ0v) is 13.5. The van der Waals surface area contributed by atoms with Crippen LogP contribution in [0.1, 0.15) is 30.1 Å². The van der Waals surface area contributed by atoms with Gasteiger partial charge in [0.2, 0.25) is 0 Å². The van der Waals surface area contributed by atoms with Crippen LogP contribution in [0.15, 0.2) is 24.3 Å². The molecule has 0 spiro atoms. The maximum atomic E-state index is 12.1. The van der Waals surface area contributed by atoms with E-state index in [2.05, 4.69) is 6.92 Å². The minimum Gasteiger partial charge on any atom is -0.452 e. The van der Waals surface area contributed by atoms with Gasteiger partial charge in [0.25, 0.3) is 5.91 Å². The van der Waals surface area contributed by atoms with Gasteiger partial charge in [-0.2, -0.15) is 0 Å². The Morgan fingerprint density at radius 3 is 2.55 bits per heavy atom. The second kappa shape index (κ2) is 7.29. The molecule has 0 radical (unpaired) electrons. The van der Waals surface area contributed by atoms with Crippen molar-refractivity contribution in [2.24, 2.45) is 5.92 Å². The maximum absolute atomic E-state index is 12.1. The van der Waals surface area contributed by atoms with Crippen LogP contribution in [0.5, 0.6) is 0 Å². The lowest BCUT2D eigenvalue weighted by molar-refractivity contribution is -0.136. The summed E-state index contributed by atoms with van der Waals surface area (Å²) >= 11 is 0. The molecule has 1 aliphatic heterocycles. The summed E-state index contributed by atoms with van der Waals surface area (Å²) in [5.41, 5.74) is 1.47. The van der Waals surface area contributed by atoms with Crippen LogP contribution < -0.4 is 4.90 Å². The van der Waals surface area contributed by atoms with Crippen molar-refractivity contribution in [3.8, 4) is 0 Å². The Balaban J connectivity index is 1.85. The number of carbonyl (C=O) groups excluding carboxylic acids is 2. The Morgan fingerprint density at radius 1 is 1.27 bits per heavy atom. The number of amides is 1. The molecule has 1 amide bonds. The number of hydrogen-bond acceptors (Lipinski definition) is 4. The lowest BCUT2D eigenvalue weighted by Gasteiger charge is -2.30. The number of carbonyl (C=O) groups is 2. The van der Waals surface area contributed by atoms with Crippen molar-refractivity contribution < 1.29 is 14.3 Å². The molecule has 1 aromatic carbocycles. The number of piperidine rings is 1. The SMILES string of the molecule is C[C@H]1CCCN(C(=O)COC(=O)c2ccc(N(C)C)cc2)C1. The Kier molecular flexibility index (Phi) is 5.41. The van der Waals surface area contributed by atoms with Crippen LogP contribution >= 0.6 is 0 Å². The van der Waals surface area contributed by atoms with Crippen molar-refractivity contribution in [1.82, 2.24) is 4.90 Å². The first-order chi connectivity index (χ1) is 10.5. The summed E-state index contributed by atoms with van der Waals surface area (Å²) in [6.45, 7) is 3.48. The third-order valence-corrected chi connectivity index (χ3v) is 3.96. The Labute approximate surface area is 131 Å². The first-order valence-corrected chi connectivity index (χ1v) is 7.69. The van der Waals surface area contributed by atoms with E-state index in [9.17, 15) is 9.59 Å². The molecule has 5 heteroatoms. The fourth-order valence-corrected chi connectivity index (χ4v) is 2.61. The van der Waals surface area contributed by atoms with Crippen LogP contribution in [0.4, 0.5) is 5.69 Å². The molecule has 2 rings (SSSR count). The van der Waals surface area contributed by atoms with Gasteiger partial charge in [-0.15, -0.1) is 0 Å². The van der Waals surface area contributed by atoms with Gasteiger partial charge in [0.15, 0.2) is 6.61 Å². The van der Waals surface area contributed by atoms with Gasteiger partial charge >= 0.3 is 5.97 Å². The summed E-state index contributed by atoms with van der Waals surface area (Å²) in [4.78, 5) is 27.8. The molecule has 1 aliphatic rings. The number of likely N-dealkylation sites (tertiary alicyclic amines) is 1. The van der Waals surface area contributed by atoms with Gasteiger partial charge in [-0.25, -0.2) is 4.79 Å². The fraction of sp³-hybridized carbons (Fsp3) is 0.529. The molecule has 1 heterocycles. The standard InChI is InChI=1S/C17H24N2O3/c1-13-5-4-10-19(11-13)16(20)12-22-17(21)14-6-8-15(9-7-14)18(2)3/h6-9,13H,4-5,10-12H2,1-3H3/t13-/m0/s1. The number of anilines is 1. The molecular formula is C17H24N2O3. The maximum Gasteiger partial charge on any atom is 0.338 e. The minimum atomic E-state index is -0.455. The van der Waals surface area contributed by atoms with Crippen molar-refractivity contribution in [1.29, 1.82) is 0 Å². The zero-order valence-electron chi connectivity index (χ0n) is 13.5. The van der Waals surface area contributed by atoms with Crippen LogP contribution in [0.2, 0.25) is 0 Å². The van der Waals surface area contributed by atoms with E-state index in [1.165, 1.54) is 0 Å². The molecule has 0 aromatic heterocycles. The van der Waals surface area contributed by atoms with Crippen LogP contribution in [-0.2, 0) is 9.53 Å². The van der Waals surface area contributed by atoms with Gasteiger partial charge in [0.1, 0.15) is 0 Å². The first-order valence-electron chi connectivity index (χ1n) is 7.69. The van der Waals surface area contributed by atoms with Crippen molar-refractivity contribution in [2.75, 3.05) is 38.7 Å². The Morgan fingerprint density at radius 2 is 1.95 bits per heavy atom. The predicted octanol–water partition coefficient (Wildman–Crippen LogP) is 2.17. The average molecular weight is 304 g/mol. The summed E-state index contributed by atoms with van der Waals surface area (Å²) in [6.07, 6.45) is 2.18. The number of hydrogen-bond donors (Lipinski definition) is 0. The van der Waals surface area contributed by atoms with Gasteiger partial charge in [0.05, 0.1) is 5.56 Å². The van der Waals surface area contributed by atoms with Crippen molar-refractivity contribution >= 4 is 17.6 Å². The lowest BCUT2D eigenvalue weighted by Crippen LogP contribution is -2.41. The van der Waals surface area contributed by atoms with E-state index in [-0.39, 0.29) is 12.5 Å². The Hall–Kier alpha value is -2.04. The zero-order chi connectivity index (χ0) is 16.1. The van der Waals surface area contributed by atoms with E-state index in [0.29, 0.717) is 11.5 Å². The molecule has 1 saturated heterocycles. The second-order valence-corrected chi connectivity index (χ2v) is 6.10. The van der Waals surface area contributed by atoms with Crippen molar-refractivity contribution in [3.63, 3.8) is 0 Å². The van der Waals surface area contributed by atoms with E-state index in [0.717, 1.165) is 31.6 Å². The molecule has 1 atom stereocenters. The molecule has 0 N–H and O–H groups in total. The molecule has 22 heavy (non-hydrogen) atoms. The van der Waals surface area contributed by atoms with E-state index in [1.807, 2.05) is 31.1 Å². The average Bonchev–Trinajstić information content (AvgIpc) is 2.52. The molecule has 0 unspecified atom stereocenters. The van der Waals surface area contributed by atoms with Gasteiger partial charge < -0.3 is 14.5 Å². The largest absolute Gasteiger partial charge is 0.452 e. The highest BCUT2D eigenvalue weighted by molar-refractivity contribution is 5.91. The highest BCUT2D eigenvalue weighted by atomic mass is 16.5. The monoisotopic (exact) mass is 304 g/mol. The number of rotatable bonds is 4. The van der Waals surface area contributed by atoms with Crippen LogP contribution in [0.25, 0.3) is 0 Å². The van der Waals surface area contributed by atoms with E-state index in [4.69, 9.17) is 4.74 Å². The van der Waals surface area contributed by atoms with Crippen LogP contribution in [0.3, 0.4) is 0 Å². The molecule has 0 saturated carbocycles.